The van der Waals surface area contributed by atoms with E-state index in [0.29, 0.717) is 17.7 Å². The van der Waals surface area contributed by atoms with Gasteiger partial charge in [-0.15, -0.1) is 10.2 Å². The average Bonchev–Trinajstić information content (AvgIpc) is 3.33. The lowest BCUT2D eigenvalue weighted by Crippen LogP contribution is -2.41. The van der Waals surface area contributed by atoms with E-state index in [4.69, 9.17) is 9.15 Å². The third-order valence-corrected chi connectivity index (χ3v) is 6.67. The first-order valence-electron chi connectivity index (χ1n) is 11.3. The highest BCUT2D eigenvalue weighted by Crippen LogP contribution is 2.26. The fourth-order valence-electron chi connectivity index (χ4n) is 3.98. The number of carbonyl (C=O) groups is 1. The lowest BCUT2D eigenvalue weighted by Gasteiger charge is -2.35. The van der Waals surface area contributed by atoms with Crippen molar-refractivity contribution < 1.29 is 13.9 Å². The second kappa shape index (κ2) is 11.3. The summed E-state index contributed by atoms with van der Waals surface area (Å²) < 4.78 is 11.0. The van der Waals surface area contributed by atoms with E-state index in [2.05, 4.69) is 32.5 Å². The number of thioether (sulfide) groups is 1. The Morgan fingerprint density at radius 3 is 2.52 bits per heavy atom. The number of hydrogen-bond acceptors (Lipinski definition) is 7. The number of benzene rings is 2. The lowest BCUT2D eigenvalue weighted by molar-refractivity contribution is -0.118. The predicted molar refractivity (Wildman–Crippen MR) is 129 cm³/mol. The first-order chi connectivity index (χ1) is 16.1. The molecule has 2 aromatic carbocycles. The van der Waals surface area contributed by atoms with E-state index in [1.54, 1.807) is 7.11 Å². The number of aryl methyl sites for hydroxylation is 1. The summed E-state index contributed by atoms with van der Waals surface area (Å²) in [7, 11) is 1.67. The van der Waals surface area contributed by atoms with Crippen molar-refractivity contribution in [3.05, 3.63) is 59.7 Å². The largest absolute Gasteiger partial charge is 0.497 e. The molecule has 3 aromatic rings. The summed E-state index contributed by atoms with van der Waals surface area (Å²) in [5.74, 6) is 1.47. The van der Waals surface area contributed by atoms with Gasteiger partial charge < -0.3 is 14.5 Å². The third-order valence-electron chi connectivity index (χ3n) is 5.86. The van der Waals surface area contributed by atoms with Gasteiger partial charge in [0.2, 0.25) is 11.8 Å². The quantitative estimate of drug-likeness (QED) is 0.466. The lowest BCUT2D eigenvalue weighted by atomic mass is 10.0. The molecule has 1 N–H and O–H groups in total. The highest BCUT2D eigenvalue weighted by atomic mass is 32.2. The molecule has 1 amide bonds. The van der Waals surface area contributed by atoms with Crippen LogP contribution in [0.25, 0.3) is 11.5 Å². The van der Waals surface area contributed by atoms with Gasteiger partial charge in [0.05, 0.1) is 18.9 Å². The summed E-state index contributed by atoms with van der Waals surface area (Å²) in [6.45, 7) is 4.68. The van der Waals surface area contributed by atoms with Crippen LogP contribution < -0.4 is 10.1 Å². The minimum absolute atomic E-state index is 0.0504. The summed E-state index contributed by atoms with van der Waals surface area (Å²) in [5.41, 5.74) is 3.22. The Hall–Kier alpha value is -2.84. The van der Waals surface area contributed by atoms with Crippen molar-refractivity contribution in [2.75, 3.05) is 32.5 Å². The molecule has 0 radical (unpaired) electrons. The Morgan fingerprint density at radius 2 is 1.82 bits per heavy atom. The Labute approximate surface area is 198 Å². The SMILES string of the molecule is COc1ccc(C(CNC(=O)CSc2nnc(-c3ccc(C)cc3)o2)N2CCCCC2)cc1. The Kier molecular flexibility index (Phi) is 8.01. The molecule has 2 heterocycles. The fraction of sp³-hybridized carbons (Fsp3) is 0.400. The summed E-state index contributed by atoms with van der Waals surface area (Å²) in [6.07, 6.45) is 3.65. The van der Waals surface area contributed by atoms with Gasteiger partial charge in [0.1, 0.15) is 5.75 Å². The van der Waals surface area contributed by atoms with Gasteiger partial charge in [-0.05, 0) is 62.7 Å². The Bertz CT molecular complexity index is 1030. The zero-order valence-corrected chi connectivity index (χ0v) is 19.9. The first kappa shape index (κ1) is 23.3. The molecule has 1 aliphatic rings. The van der Waals surface area contributed by atoms with Crippen LogP contribution in [-0.4, -0.2) is 53.5 Å². The van der Waals surface area contributed by atoms with Gasteiger partial charge in [-0.2, -0.15) is 0 Å². The minimum Gasteiger partial charge on any atom is -0.497 e. The molecule has 0 aliphatic carbocycles. The van der Waals surface area contributed by atoms with E-state index in [-0.39, 0.29) is 17.7 Å². The summed E-state index contributed by atoms with van der Waals surface area (Å²) in [6, 6.07) is 16.2. The summed E-state index contributed by atoms with van der Waals surface area (Å²) in [5, 5.41) is 11.7. The highest BCUT2D eigenvalue weighted by molar-refractivity contribution is 7.99. The van der Waals surface area contributed by atoms with Gasteiger partial charge in [-0.1, -0.05) is 48.0 Å². The molecule has 1 aromatic heterocycles. The van der Waals surface area contributed by atoms with Crippen LogP contribution in [0.4, 0.5) is 0 Å². The van der Waals surface area contributed by atoms with E-state index < -0.39 is 0 Å². The Morgan fingerprint density at radius 1 is 1.09 bits per heavy atom. The second-order valence-corrected chi connectivity index (χ2v) is 9.14. The topological polar surface area (TPSA) is 80.5 Å². The van der Waals surface area contributed by atoms with Crippen molar-refractivity contribution in [2.24, 2.45) is 0 Å². The number of piperidine rings is 1. The smallest absolute Gasteiger partial charge is 0.277 e. The van der Waals surface area contributed by atoms with Gasteiger partial charge in [0, 0.05) is 12.1 Å². The molecule has 0 saturated carbocycles. The van der Waals surface area contributed by atoms with Crippen LogP contribution in [0.3, 0.4) is 0 Å². The predicted octanol–water partition coefficient (Wildman–Crippen LogP) is 4.49. The van der Waals surface area contributed by atoms with Crippen molar-refractivity contribution in [1.82, 2.24) is 20.4 Å². The number of amides is 1. The molecule has 0 spiro atoms. The number of ether oxygens (including phenoxy) is 1. The maximum atomic E-state index is 12.6. The summed E-state index contributed by atoms with van der Waals surface area (Å²) in [4.78, 5) is 15.1. The van der Waals surface area contributed by atoms with Crippen LogP contribution in [0, 0.1) is 6.92 Å². The van der Waals surface area contributed by atoms with E-state index in [0.717, 1.165) is 24.4 Å². The van der Waals surface area contributed by atoms with Gasteiger partial charge in [-0.3, -0.25) is 9.69 Å². The van der Waals surface area contributed by atoms with E-state index in [1.807, 2.05) is 43.3 Å². The van der Waals surface area contributed by atoms with Crippen LogP contribution in [0.2, 0.25) is 0 Å². The van der Waals surface area contributed by atoms with Gasteiger partial charge in [0.25, 0.3) is 5.22 Å². The van der Waals surface area contributed by atoms with E-state index >= 15 is 0 Å². The first-order valence-corrected chi connectivity index (χ1v) is 12.3. The highest BCUT2D eigenvalue weighted by Gasteiger charge is 2.23. The Balaban J connectivity index is 1.33. The average molecular weight is 467 g/mol. The second-order valence-electron chi connectivity index (χ2n) is 8.22. The number of methoxy groups -OCH3 is 1. The molecule has 1 fully saturated rings. The maximum Gasteiger partial charge on any atom is 0.277 e. The van der Waals surface area contributed by atoms with Crippen molar-refractivity contribution in [1.29, 1.82) is 0 Å². The summed E-state index contributed by atoms with van der Waals surface area (Å²) >= 11 is 1.25. The van der Waals surface area contributed by atoms with Crippen molar-refractivity contribution in [3.63, 3.8) is 0 Å². The van der Waals surface area contributed by atoms with E-state index in [1.165, 1.54) is 42.2 Å². The number of rotatable bonds is 9. The number of aromatic nitrogens is 2. The van der Waals surface area contributed by atoms with Crippen LogP contribution in [0.15, 0.2) is 58.2 Å². The van der Waals surface area contributed by atoms with Gasteiger partial charge >= 0.3 is 0 Å². The minimum atomic E-state index is -0.0504. The molecule has 4 rings (SSSR count). The van der Waals surface area contributed by atoms with E-state index in [9.17, 15) is 4.79 Å². The third kappa shape index (κ3) is 6.36. The molecule has 1 aliphatic heterocycles. The van der Waals surface area contributed by atoms with Crippen LogP contribution in [0.5, 0.6) is 5.75 Å². The molecule has 1 atom stereocenters. The molecule has 1 saturated heterocycles. The zero-order chi connectivity index (χ0) is 23.0. The molecular weight excluding hydrogens is 436 g/mol. The van der Waals surface area contributed by atoms with Crippen molar-refractivity contribution in [3.8, 4) is 17.2 Å². The molecule has 0 bridgehead atoms. The standard InChI is InChI=1S/C25H30N4O3S/c1-18-6-8-20(9-7-18)24-27-28-25(32-24)33-17-23(30)26-16-22(29-14-4-3-5-15-29)19-10-12-21(31-2)13-11-19/h6-13,22H,3-5,14-17H2,1-2H3,(H,26,30). The van der Waals surface area contributed by atoms with Gasteiger partial charge in [0.15, 0.2) is 0 Å². The van der Waals surface area contributed by atoms with Crippen molar-refractivity contribution >= 4 is 17.7 Å². The molecular formula is C25H30N4O3S. The normalized spacial score (nSPS) is 15.2. The number of likely N-dealkylation sites (tertiary alicyclic amines) is 1. The molecule has 33 heavy (non-hydrogen) atoms. The molecule has 1 unspecified atom stereocenters. The number of nitrogens with zero attached hydrogens (tertiary/aromatic N) is 3. The van der Waals surface area contributed by atoms with Crippen LogP contribution >= 0.6 is 11.8 Å². The molecule has 7 nitrogen and oxygen atoms in total. The zero-order valence-electron chi connectivity index (χ0n) is 19.1. The number of carbonyl (C=O) groups excluding carboxylic acids is 1. The van der Waals surface area contributed by atoms with Crippen LogP contribution in [0.1, 0.15) is 36.4 Å². The number of hydrogen-bond donors (Lipinski definition) is 1. The number of nitrogens with one attached hydrogen (secondary N) is 1. The van der Waals surface area contributed by atoms with Gasteiger partial charge in [-0.25, -0.2) is 0 Å². The van der Waals surface area contributed by atoms with Crippen molar-refractivity contribution in [2.45, 2.75) is 37.5 Å². The molecule has 8 heteroatoms. The monoisotopic (exact) mass is 466 g/mol. The fourth-order valence-corrected chi connectivity index (χ4v) is 4.58. The maximum absolute atomic E-state index is 12.6. The molecule has 174 valence electrons. The van der Waals surface area contributed by atoms with Crippen LogP contribution in [-0.2, 0) is 4.79 Å².